The summed E-state index contributed by atoms with van der Waals surface area (Å²) < 4.78 is 5.51. The summed E-state index contributed by atoms with van der Waals surface area (Å²) in [4.78, 5) is 2.44. The Hall–Kier alpha value is -1.10. The first-order chi connectivity index (χ1) is 10.9. The number of nitrogens with one attached hydrogen (secondary N) is 1. The van der Waals surface area contributed by atoms with Gasteiger partial charge in [0.15, 0.2) is 0 Å². The Morgan fingerprint density at radius 3 is 2.39 bits per heavy atom. The second kappa shape index (κ2) is 8.13. The number of methoxy groups -OCH3 is 1. The summed E-state index contributed by atoms with van der Waals surface area (Å²) in [6, 6.07) is 4.20. The van der Waals surface area contributed by atoms with Crippen LogP contribution in [0.3, 0.4) is 0 Å². The SMILES string of the molecule is COc1cc(C)c(C(O)C(C)CN2CCNCC2)cc1C(C)C. The maximum Gasteiger partial charge on any atom is 0.122 e. The Bertz CT molecular complexity index is 510. The van der Waals surface area contributed by atoms with Crippen LogP contribution in [0.5, 0.6) is 5.75 Å². The quantitative estimate of drug-likeness (QED) is 0.846. The zero-order valence-corrected chi connectivity index (χ0v) is 15.2. The van der Waals surface area contributed by atoms with E-state index in [1.165, 1.54) is 5.56 Å². The molecule has 0 bridgehead atoms. The van der Waals surface area contributed by atoms with Crippen molar-refractivity contribution in [3.63, 3.8) is 0 Å². The van der Waals surface area contributed by atoms with Crippen molar-refractivity contribution in [2.75, 3.05) is 39.8 Å². The monoisotopic (exact) mass is 320 g/mol. The molecular formula is C19H32N2O2. The van der Waals surface area contributed by atoms with Gasteiger partial charge in [-0.15, -0.1) is 0 Å². The van der Waals surface area contributed by atoms with Gasteiger partial charge in [-0.1, -0.05) is 20.8 Å². The first kappa shape index (κ1) is 18.2. The third-order valence-corrected chi connectivity index (χ3v) is 4.85. The lowest BCUT2D eigenvalue weighted by Gasteiger charge is -2.32. The summed E-state index contributed by atoms with van der Waals surface area (Å²) in [6.45, 7) is 13.7. The molecule has 4 nitrogen and oxygen atoms in total. The Balaban J connectivity index is 2.16. The Kier molecular flexibility index (Phi) is 6.45. The van der Waals surface area contributed by atoms with Gasteiger partial charge in [-0.05, 0) is 47.6 Å². The molecule has 2 atom stereocenters. The van der Waals surface area contributed by atoms with Gasteiger partial charge in [0.25, 0.3) is 0 Å². The lowest BCUT2D eigenvalue weighted by Crippen LogP contribution is -2.45. The lowest BCUT2D eigenvalue weighted by atomic mass is 9.89. The average molecular weight is 320 g/mol. The Morgan fingerprint density at radius 1 is 1.17 bits per heavy atom. The largest absolute Gasteiger partial charge is 0.496 e. The molecule has 0 aromatic heterocycles. The van der Waals surface area contributed by atoms with Crippen LogP contribution >= 0.6 is 0 Å². The molecule has 2 unspecified atom stereocenters. The second-order valence-electron chi connectivity index (χ2n) is 7.08. The highest BCUT2D eigenvalue weighted by molar-refractivity contribution is 5.44. The van der Waals surface area contributed by atoms with E-state index in [1.54, 1.807) is 7.11 Å². The Labute approximate surface area is 140 Å². The molecule has 1 aromatic carbocycles. The third kappa shape index (κ3) is 4.46. The predicted octanol–water partition coefficient (Wildman–Crippen LogP) is 2.70. The van der Waals surface area contributed by atoms with Gasteiger partial charge in [-0.25, -0.2) is 0 Å². The maximum atomic E-state index is 10.9. The average Bonchev–Trinajstić information content (AvgIpc) is 2.54. The summed E-state index contributed by atoms with van der Waals surface area (Å²) in [6.07, 6.45) is -0.437. The number of aliphatic hydroxyl groups excluding tert-OH is 1. The molecular weight excluding hydrogens is 288 g/mol. The third-order valence-electron chi connectivity index (χ3n) is 4.85. The van der Waals surface area contributed by atoms with Gasteiger partial charge >= 0.3 is 0 Å². The standard InChI is InChI=1S/C19H32N2O2/c1-13(2)16-11-17(14(3)10-18(16)23-5)19(22)15(4)12-21-8-6-20-7-9-21/h10-11,13,15,19-20,22H,6-9,12H2,1-5H3. The molecule has 1 fully saturated rings. The van der Waals surface area contributed by atoms with Gasteiger partial charge in [-0.2, -0.15) is 0 Å². The molecule has 0 spiro atoms. The highest BCUT2D eigenvalue weighted by Crippen LogP contribution is 2.34. The van der Waals surface area contributed by atoms with Crippen LogP contribution in [-0.4, -0.2) is 49.8 Å². The van der Waals surface area contributed by atoms with Crippen LogP contribution in [0.15, 0.2) is 12.1 Å². The fourth-order valence-corrected chi connectivity index (χ4v) is 3.37. The topological polar surface area (TPSA) is 44.7 Å². The van der Waals surface area contributed by atoms with Crippen LogP contribution in [0.4, 0.5) is 0 Å². The molecule has 130 valence electrons. The fourth-order valence-electron chi connectivity index (χ4n) is 3.37. The van der Waals surface area contributed by atoms with E-state index in [9.17, 15) is 5.11 Å². The van der Waals surface area contributed by atoms with Crippen molar-refractivity contribution in [2.24, 2.45) is 5.92 Å². The summed E-state index contributed by atoms with van der Waals surface area (Å²) in [7, 11) is 1.71. The summed E-state index contributed by atoms with van der Waals surface area (Å²) in [5.41, 5.74) is 3.31. The van der Waals surface area contributed by atoms with Crippen LogP contribution in [0.1, 0.15) is 49.5 Å². The molecule has 1 heterocycles. The number of hydrogen-bond acceptors (Lipinski definition) is 4. The van der Waals surface area contributed by atoms with Crippen LogP contribution in [0, 0.1) is 12.8 Å². The first-order valence-electron chi connectivity index (χ1n) is 8.73. The van der Waals surface area contributed by atoms with Crippen molar-refractivity contribution >= 4 is 0 Å². The molecule has 2 N–H and O–H groups in total. The number of rotatable bonds is 6. The number of benzene rings is 1. The highest BCUT2D eigenvalue weighted by atomic mass is 16.5. The van der Waals surface area contributed by atoms with Crippen molar-refractivity contribution in [1.82, 2.24) is 10.2 Å². The lowest BCUT2D eigenvalue weighted by molar-refractivity contribution is 0.0836. The van der Waals surface area contributed by atoms with Crippen molar-refractivity contribution < 1.29 is 9.84 Å². The van der Waals surface area contributed by atoms with Gasteiger partial charge in [-0.3, -0.25) is 0 Å². The van der Waals surface area contributed by atoms with E-state index < -0.39 is 6.10 Å². The van der Waals surface area contributed by atoms with Crippen LogP contribution in [0.2, 0.25) is 0 Å². The van der Waals surface area contributed by atoms with E-state index in [0.29, 0.717) is 5.92 Å². The van der Waals surface area contributed by atoms with Gasteiger partial charge in [0, 0.05) is 32.7 Å². The summed E-state index contributed by atoms with van der Waals surface area (Å²) in [5.74, 6) is 1.50. The van der Waals surface area contributed by atoms with Crippen molar-refractivity contribution in [1.29, 1.82) is 0 Å². The zero-order valence-electron chi connectivity index (χ0n) is 15.2. The molecule has 0 saturated carbocycles. The van der Waals surface area contributed by atoms with E-state index in [4.69, 9.17) is 4.74 Å². The molecule has 0 radical (unpaired) electrons. The number of hydrogen-bond donors (Lipinski definition) is 2. The number of aryl methyl sites for hydroxylation is 1. The number of piperazine rings is 1. The van der Waals surface area contributed by atoms with E-state index in [2.05, 4.69) is 50.0 Å². The smallest absolute Gasteiger partial charge is 0.122 e. The van der Waals surface area contributed by atoms with Gasteiger partial charge < -0.3 is 20.1 Å². The normalized spacial score (nSPS) is 18.9. The molecule has 4 heteroatoms. The van der Waals surface area contributed by atoms with E-state index in [0.717, 1.165) is 49.6 Å². The second-order valence-corrected chi connectivity index (χ2v) is 7.08. The predicted molar refractivity (Wildman–Crippen MR) is 95.3 cm³/mol. The maximum absolute atomic E-state index is 10.9. The molecule has 0 aliphatic carbocycles. The minimum atomic E-state index is -0.437. The first-order valence-corrected chi connectivity index (χ1v) is 8.73. The molecule has 1 saturated heterocycles. The summed E-state index contributed by atoms with van der Waals surface area (Å²) >= 11 is 0. The zero-order chi connectivity index (χ0) is 17.0. The van der Waals surface area contributed by atoms with Crippen LogP contribution in [0.25, 0.3) is 0 Å². The fraction of sp³-hybridized carbons (Fsp3) is 0.684. The van der Waals surface area contributed by atoms with E-state index >= 15 is 0 Å². The Morgan fingerprint density at radius 2 is 1.83 bits per heavy atom. The van der Waals surface area contributed by atoms with E-state index in [-0.39, 0.29) is 5.92 Å². The molecule has 0 amide bonds. The van der Waals surface area contributed by atoms with Gasteiger partial charge in [0.05, 0.1) is 13.2 Å². The minimum Gasteiger partial charge on any atom is -0.496 e. The van der Waals surface area contributed by atoms with Crippen LogP contribution < -0.4 is 10.1 Å². The number of ether oxygens (including phenoxy) is 1. The number of aliphatic hydroxyl groups is 1. The van der Waals surface area contributed by atoms with Crippen LogP contribution in [-0.2, 0) is 0 Å². The van der Waals surface area contributed by atoms with Gasteiger partial charge in [0.1, 0.15) is 5.75 Å². The highest BCUT2D eigenvalue weighted by Gasteiger charge is 2.23. The van der Waals surface area contributed by atoms with Crippen molar-refractivity contribution in [3.05, 3.63) is 28.8 Å². The minimum absolute atomic E-state index is 0.209. The van der Waals surface area contributed by atoms with Crippen molar-refractivity contribution in [2.45, 2.75) is 39.7 Å². The van der Waals surface area contributed by atoms with E-state index in [1.807, 2.05) is 0 Å². The molecule has 23 heavy (non-hydrogen) atoms. The molecule has 1 aliphatic rings. The molecule has 1 aliphatic heterocycles. The van der Waals surface area contributed by atoms with Crippen molar-refractivity contribution in [3.8, 4) is 5.75 Å². The number of nitrogens with zero attached hydrogens (tertiary/aromatic N) is 1. The van der Waals surface area contributed by atoms with Gasteiger partial charge in [0.2, 0.25) is 0 Å². The molecule has 2 rings (SSSR count). The molecule has 1 aromatic rings. The summed E-state index contributed by atoms with van der Waals surface area (Å²) in [5, 5.41) is 14.3.